The minimum atomic E-state index is -0.406. The van der Waals surface area contributed by atoms with Crippen LogP contribution in [0.4, 0.5) is 22.7 Å². The Morgan fingerprint density at radius 3 is 2.06 bits per heavy atom. The fourth-order valence-electron chi connectivity index (χ4n) is 3.20. The first kappa shape index (κ1) is 22.9. The molecular formula is C27H22ClN3O3. The third-order valence-electron chi connectivity index (χ3n) is 4.85. The van der Waals surface area contributed by atoms with E-state index in [1.54, 1.807) is 48.5 Å². The molecule has 0 aliphatic carbocycles. The van der Waals surface area contributed by atoms with Crippen molar-refractivity contribution in [2.75, 3.05) is 22.6 Å². The van der Waals surface area contributed by atoms with Gasteiger partial charge >= 0.3 is 0 Å². The van der Waals surface area contributed by atoms with E-state index in [1.165, 1.54) is 0 Å². The summed E-state index contributed by atoms with van der Waals surface area (Å²) in [6, 6.07) is 30.9. The van der Waals surface area contributed by atoms with Gasteiger partial charge in [-0.2, -0.15) is 0 Å². The molecule has 4 aromatic carbocycles. The largest absolute Gasteiger partial charge is 0.482 e. The van der Waals surface area contributed by atoms with Gasteiger partial charge in [-0.1, -0.05) is 54.1 Å². The van der Waals surface area contributed by atoms with Crippen molar-refractivity contribution in [2.45, 2.75) is 0 Å². The van der Waals surface area contributed by atoms with Crippen molar-refractivity contribution in [3.05, 3.63) is 114 Å². The summed E-state index contributed by atoms with van der Waals surface area (Å²) >= 11 is 6.05. The number of hydrogen-bond acceptors (Lipinski definition) is 4. The summed E-state index contributed by atoms with van der Waals surface area (Å²) in [6.07, 6.45) is 0. The SMILES string of the molecule is O=C(COc1ccccc1Cl)Nc1ccccc1C(=O)Nc1ccc(Nc2ccccc2)cc1. The summed E-state index contributed by atoms with van der Waals surface area (Å²) in [5.41, 5.74) is 3.22. The van der Waals surface area contributed by atoms with E-state index in [2.05, 4.69) is 16.0 Å². The number of carbonyl (C=O) groups is 2. The first-order valence-electron chi connectivity index (χ1n) is 10.6. The lowest BCUT2D eigenvalue weighted by Crippen LogP contribution is -2.22. The predicted octanol–water partition coefficient (Wildman–Crippen LogP) is 6.35. The minimum Gasteiger partial charge on any atom is -0.482 e. The van der Waals surface area contributed by atoms with Crippen LogP contribution in [0.2, 0.25) is 5.02 Å². The summed E-state index contributed by atoms with van der Waals surface area (Å²) in [5, 5.41) is 9.30. The molecule has 0 radical (unpaired) electrons. The molecule has 0 bridgehead atoms. The molecule has 4 aromatic rings. The summed E-state index contributed by atoms with van der Waals surface area (Å²) in [5.74, 6) is -0.334. The first-order valence-corrected chi connectivity index (χ1v) is 11.0. The molecule has 7 heteroatoms. The van der Waals surface area contributed by atoms with E-state index < -0.39 is 5.91 Å². The topological polar surface area (TPSA) is 79.5 Å². The maximum absolute atomic E-state index is 12.9. The second-order valence-electron chi connectivity index (χ2n) is 7.34. The Balaban J connectivity index is 1.37. The molecule has 170 valence electrons. The van der Waals surface area contributed by atoms with Crippen LogP contribution in [0, 0.1) is 0 Å². The van der Waals surface area contributed by atoms with Crippen LogP contribution in [-0.2, 0) is 4.79 Å². The van der Waals surface area contributed by atoms with E-state index >= 15 is 0 Å². The molecule has 0 saturated heterocycles. The van der Waals surface area contributed by atoms with Crippen LogP contribution < -0.4 is 20.7 Å². The molecule has 3 N–H and O–H groups in total. The molecule has 34 heavy (non-hydrogen) atoms. The molecule has 0 heterocycles. The van der Waals surface area contributed by atoms with Crippen LogP contribution >= 0.6 is 11.6 Å². The predicted molar refractivity (Wildman–Crippen MR) is 136 cm³/mol. The maximum atomic E-state index is 12.9. The van der Waals surface area contributed by atoms with Gasteiger partial charge in [0.15, 0.2) is 6.61 Å². The fraction of sp³-hybridized carbons (Fsp3) is 0.0370. The second kappa shape index (κ2) is 11.0. The highest BCUT2D eigenvalue weighted by Gasteiger charge is 2.14. The number of rotatable bonds is 8. The van der Waals surface area contributed by atoms with E-state index in [0.29, 0.717) is 27.7 Å². The number of nitrogens with one attached hydrogen (secondary N) is 3. The van der Waals surface area contributed by atoms with E-state index in [0.717, 1.165) is 11.4 Å². The van der Waals surface area contributed by atoms with Crippen LogP contribution in [0.25, 0.3) is 0 Å². The Kier molecular flexibility index (Phi) is 7.42. The molecule has 0 unspecified atom stereocenters. The quantitative estimate of drug-likeness (QED) is 0.279. The van der Waals surface area contributed by atoms with Gasteiger partial charge in [0.2, 0.25) is 0 Å². The fourth-order valence-corrected chi connectivity index (χ4v) is 3.40. The lowest BCUT2D eigenvalue weighted by molar-refractivity contribution is -0.118. The monoisotopic (exact) mass is 471 g/mol. The Bertz CT molecular complexity index is 1280. The van der Waals surface area contributed by atoms with E-state index in [-0.39, 0.29) is 12.5 Å². The molecule has 0 spiro atoms. The van der Waals surface area contributed by atoms with Crippen LogP contribution in [0.1, 0.15) is 10.4 Å². The van der Waals surface area contributed by atoms with E-state index in [9.17, 15) is 9.59 Å². The van der Waals surface area contributed by atoms with Gasteiger partial charge in [0.1, 0.15) is 5.75 Å². The maximum Gasteiger partial charge on any atom is 0.262 e. The van der Waals surface area contributed by atoms with Crippen molar-refractivity contribution < 1.29 is 14.3 Å². The van der Waals surface area contributed by atoms with Gasteiger partial charge in [0, 0.05) is 17.1 Å². The van der Waals surface area contributed by atoms with Crippen molar-refractivity contribution in [2.24, 2.45) is 0 Å². The molecule has 2 amide bonds. The highest BCUT2D eigenvalue weighted by atomic mass is 35.5. The van der Waals surface area contributed by atoms with Gasteiger partial charge in [0.25, 0.3) is 11.8 Å². The molecule has 0 aromatic heterocycles. The van der Waals surface area contributed by atoms with Gasteiger partial charge in [-0.05, 0) is 60.7 Å². The van der Waals surface area contributed by atoms with Gasteiger partial charge < -0.3 is 20.7 Å². The van der Waals surface area contributed by atoms with Crippen molar-refractivity contribution >= 4 is 46.2 Å². The summed E-state index contributed by atoms with van der Waals surface area (Å²) in [6.45, 7) is -0.241. The number of hydrogen-bond donors (Lipinski definition) is 3. The zero-order chi connectivity index (χ0) is 23.8. The molecule has 0 atom stereocenters. The van der Waals surface area contributed by atoms with E-state index in [4.69, 9.17) is 16.3 Å². The standard InChI is InChI=1S/C27H22ClN3O3/c28-23-11-5-7-13-25(23)34-18-26(32)31-24-12-6-4-10-22(24)27(33)30-21-16-14-20(15-17-21)29-19-8-2-1-3-9-19/h1-17,29H,18H2,(H,30,33)(H,31,32). The molecule has 0 aliphatic heterocycles. The molecule has 0 saturated carbocycles. The lowest BCUT2D eigenvalue weighted by Gasteiger charge is -2.13. The summed E-state index contributed by atoms with van der Waals surface area (Å²) < 4.78 is 5.47. The van der Waals surface area contributed by atoms with Crippen LogP contribution in [0.3, 0.4) is 0 Å². The smallest absolute Gasteiger partial charge is 0.262 e. The molecule has 6 nitrogen and oxygen atoms in total. The first-order chi connectivity index (χ1) is 16.6. The third kappa shape index (κ3) is 6.15. The third-order valence-corrected chi connectivity index (χ3v) is 5.16. The van der Waals surface area contributed by atoms with Gasteiger partial charge in [-0.25, -0.2) is 0 Å². The second-order valence-corrected chi connectivity index (χ2v) is 7.74. The van der Waals surface area contributed by atoms with Gasteiger partial charge in [-0.15, -0.1) is 0 Å². The minimum absolute atomic E-state index is 0.241. The Labute approximate surface area is 202 Å². The lowest BCUT2D eigenvalue weighted by atomic mass is 10.1. The molecule has 0 aliphatic rings. The number of ether oxygens (including phenoxy) is 1. The van der Waals surface area contributed by atoms with E-state index in [1.807, 2.05) is 54.6 Å². The Morgan fingerprint density at radius 1 is 0.676 bits per heavy atom. The number of anilines is 4. The van der Waals surface area contributed by atoms with Crippen molar-refractivity contribution in [1.82, 2.24) is 0 Å². The number of benzene rings is 4. The number of para-hydroxylation sites is 3. The zero-order valence-electron chi connectivity index (χ0n) is 18.1. The highest BCUT2D eigenvalue weighted by Crippen LogP contribution is 2.24. The summed E-state index contributed by atoms with van der Waals surface area (Å²) in [7, 11) is 0. The average molecular weight is 472 g/mol. The van der Waals surface area contributed by atoms with Gasteiger partial charge in [-0.3, -0.25) is 9.59 Å². The number of carbonyl (C=O) groups excluding carboxylic acids is 2. The summed E-state index contributed by atoms with van der Waals surface area (Å²) in [4.78, 5) is 25.3. The number of halogens is 1. The van der Waals surface area contributed by atoms with Gasteiger partial charge in [0.05, 0.1) is 16.3 Å². The molecule has 4 rings (SSSR count). The van der Waals surface area contributed by atoms with Crippen molar-refractivity contribution in [3.8, 4) is 5.75 Å². The normalized spacial score (nSPS) is 10.3. The highest BCUT2D eigenvalue weighted by molar-refractivity contribution is 6.32. The van der Waals surface area contributed by atoms with Crippen molar-refractivity contribution in [1.29, 1.82) is 0 Å². The Morgan fingerprint density at radius 2 is 1.29 bits per heavy atom. The zero-order valence-corrected chi connectivity index (χ0v) is 18.9. The van der Waals surface area contributed by atoms with Crippen molar-refractivity contribution in [3.63, 3.8) is 0 Å². The average Bonchev–Trinajstić information content (AvgIpc) is 2.86. The molecule has 0 fully saturated rings. The molecular weight excluding hydrogens is 450 g/mol. The Hall–Kier alpha value is -4.29. The van der Waals surface area contributed by atoms with Crippen LogP contribution in [0.5, 0.6) is 5.75 Å². The number of amides is 2. The van der Waals surface area contributed by atoms with Crippen LogP contribution in [0.15, 0.2) is 103 Å². The van der Waals surface area contributed by atoms with Crippen LogP contribution in [-0.4, -0.2) is 18.4 Å².